The van der Waals surface area contributed by atoms with Crippen LogP contribution in [0.25, 0.3) is 0 Å². The highest BCUT2D eigenvalue weighted by molar-refractivity contribution is 6.35. The molecule has 6 heteroatoms. The van der Waals surface area contributed by atoms with Crippen molar-refractivity contribution in [3.05, 3.63) is 33.8 Å². The molecule has 1 aromatic carbocycles. The summed E-state index contributed by atoms with van der Waals surface area (Å²) in [6.07, 6.45) is 2.84. The van der Waals surface area contributed by atoms with Gasteiger partial charge in [0.25, 0.3) is 0 Å². The Morgan fingerprint density at radius 2 is 2.05 bits per heavy atom. The number of carbonyl (C=O) groups excluding carboxylic acids is 1. The topological polar surface area (TPSA) is 41.6 Å². The van der Waals surface area contributed by atoms with Gasteiger partial charge in [-0.05, 0) is 37.0 Å². The number of halogens is 2. The first kappa shape index (κ1) is 16.1. The van der Waals surface area contributed by atoms with Gasteiger partial charge in [0.15, 0.2) is 0 Å². The quantitative estimate of drug-likeness (QED) is 0.917. The highest BCUT2D eigenvalue weighted by atomic mass is 35.5. The molecule has 0 aliphatic carbocycles. The second kappa shape index (κ2) is 6.75. The summed E-state index contributed by atoms with van der Waals surface area (Å²) in [5.41, 5.74) is 0.982. The van der Waals surface area contributed by atoms with Crippen LogP contribution in [-0.2, 0) is 16.0 Å². The minimum Gasteiger partial charge on any atom is -0.363 e. The third kappa shape index (κ3) is 3.74. The summed E-state index contributed by atoms with van der Waals surface area (Å²) >= 11 is 12.1. The largest absolute Gasteiger partial charge is 0.363 e. The zero-order valence-electron chi connectivity index (χ0n) is 12.4. The number of piperidine rings is 1. The Morgan fingerprint density at radius 1 is 1.27 bits per heavy atom. The Labute approximate surface area is 140 Å². The summed E-state index contributed by atoms with van der Waals surface area (Å²) in [5.74, 6) is -0.00886. The highest BCUT2D eigenvalue weighted by Crippen LogP contribution is 2.28. The molecule has 1 spiro atoms. The van der Waals surface area contributed by atoms with Crippen LogP contribution in [0.3, 0.4) is 0 Å². The fourth-order valence-corrected chi connectivity index (χ4v) is 3.59. The van der Waals surface area contributed by atoms with Crippen molar-refractivity contribution in [2.24, 2.45) is 0 Å². The van der Waals surface area contributed by atoms with E-state index in [1.54, 1.807) is 6.07 Å². The number of rotatable bonds is 3. The molecule has 1 N–H and O–H groups in total. The molecule has 22 heavy (non-hydrogen) atoms. The lowest BCUT2D eigenvalue weighted by Gasteiger charge is -2.43. The monoisotopic (exact) mass is 342 g/mol. The molecule has 120 valence electrons. The SMILES string of the molecule is O=C1COC2(CCN(CCc3ccc(Cl)cc3Cl)CC2)CN1. The molecular weight excluding hydrogens is 323 g/mol. The van der Waals surface area contributed by atoms with Gasteiger partial charge >= 0.3 is 0 Å². The van der Waals surface area contributed by atoms with E-state index in [0.29, 0.717) is 11.6 Å². The maximum Gasteiger partial charge on any atom is 0.246 e. The fourth-order valence-electron chi connectivity index (χ4n) is 3.09. The molecule has 2 heterocycles. The number of hydrogen-bond donors (Lipinski definition) is 1. The van der Waals surface area contributed by atoms with Crippen molar-refractivity contribution >= 4 is 29.1 Å². The lowest BCUT2D eigenvalue weighted by Crippen LogP contribution is -2.57. The van der Waals surface area contributed by atoms with E-state index >= 15 is 0 Å². The van der Waals surface area contributed by atoms with Crippen molar-refractivity contribution in [1.29, 1.82) is 0 Å². The molecule has 2 aliphatic heterocycles. The minimum absolute atomic E-state index is 0.00886. The fraction of sp³-hybridized carbons (Fsp3) is 0.562. The van der Waals surface area contributed by atoms with Crippen molar-refractivity contribution in [2.45, 2.75) is 24.9 Å². The first-order valence-electron chi connectivity index (χ1n) is 7.63. The van der Waals surface area contributed by atoms with E-state index in [4.69, 9.17) is 27.9 Å². The molecule has 3 rings (SSSR count). The molecule has 0 unspecified atom stereocenters. The number of nitrogens with zero attached hydrogens (tertiary/aromatic N) is 1. The van der Waals surface area contributed by atoms with Crippen LogP contribution in [-0.4, -0.2) is 49.2 Å². The molecule has 2 fully saturated rings. The third-order valence-corrected chi connectivity index (χ3v) is 5.18. The van der Waals surface area contributed by atoms with E-state index in [9.17, 15) is 4.79 Å². The van der Waals surface area contributed by atoms with Crippen molar-refractivity contribution in [3.63, 3.8) is 0 Å². The Kier molecular flexibility index (Phi) is 4.93. The summed E-state index contributed by atoms with van der Waals surface area (Å²) < 4.78 is 5.79. The highest BCUT2D eigenvalue weighted by Gasteiger charge is 2.38. The van der Waals surface area contributed by atoms with Gasteiger partial charge in [0, 0.05) is 36.2 Å². The normalized spacial score (nSPS) is 21.8. The number of hydrogen-bond acceptors (Lipinski definition) is 3. The van der Waals surface area contributed by atoms with Gasteiger partial charge in [0.1, 0.15) is 6.61 Å². The second-order valence-corrected chi connectivity index (χ2v) is 6.92. The number of amides is 1. The number of benzene rings is 1. The molecular formula is C16H20Cl2N2O2. The van der Waals surface area contributed by atoms with Crippen LogP contribution in [0.5, 0.6) is 0 Å². The summed E-state index contributed by atoms with van der Waals surface area (Å²) in [6, 6.07) is 5.67. The summed E-state index contributed by atoms with van der Waals surface area (Å²) in [5, 5.41) is 4.32. The first-order valence-corrected chi connectivity index (χ1v) is 8.39. The average molecular weight is 343 g/mol. The molecule has 0 atom stereocenters. The van der Waals surface area contributed by atoms with Gasteiger partial charge in [0.05, 0.1) is 5.60 Å². The number of ether oxygens (including phenoxy) is 1. The Balaban J connectivity index is 1.49. The lowest BCUT2D eigenvalue weighted by atomic mass is 9.90. The molecule has 2 saturated heterocycles. The molecule has 1 aromatic rings. The van der Waals surface area contributed by atoms with Crippen molar-refractivity contribution < 1.29 is 9.53 Å². The molecule has 0 radical (unpaired) electrons. The summed E-state index contributed by atoms with van der Waals surface area (Å²) in [4.78, 5) is 13.6. The summed E-state index contributed by atoms with van der Waals surface area (Å²) in [6.45, 7) is 3.79. The van der Waals surface area contributed by atoms with Crippen LogP contribution in [0.4, 0.5) is 0 Å². The van der Waals surface area contributed by atoms with Crippen LogP contribution in [0.1, 0.15) is 18.4 Å². The van der Waals surface area contributed by atoms with Gasteiger partial charge in [0.2, 0.25) is 5.91 Å². The third-order valence-electron chi connectivity index (χ3n) is 4.60. The Morgan fingerprint density at radius 3 is 2.68 bits per heavy atom. The summed E-state index contributed by atoms with van der Waals surface area (Å²) in [7, 11) is 0. The first-order chi connectivity index (χ1) is 10.6. The lowest BCUT2D eigenvalue weighted by molar-refractivity contribution is -0.150. The minimum atomic E-state index is -0.150. The van der Waals surface area contributed by atoms with E-state index < -0.39 is 0 Å². The average Bonchev–Trinajstić information content (AvgIpc) is 2.51. The molecule has 1 amide bonds. The van der Waals surface area contributed by atoms with Crippen LogP contribution in [0.15, 0.2) is 18.2 Å². The predicted octanol–water partition coefficient (Wildman–Crippen LogP) is 2.52. The Bertz CT molecular complexity index is 545. The maximum atomic E-state index is 11.2. The molecule has 0 saturated carbocycles. The van der Waals surface area contributed by atoms with E-state index in [-0.39, 0.29) is 18.1 Å². The van der Waals surface area contributed by atoms with E-state index in [1.165, 1.54) is 0 Å². The van der Waals surface area contributed by atoms with Gasteiger partial charge in [-0.2, -0.15) is 0 Å². The van der Waals surface area contributed by atoms with Gasteiger partial charge in [-0.1, -0.05) is 29.3 Å². The molecule has 0 aromatic heterocycles. The van der Waals surface area contributed by atoms with Crippen molar-refractivity contribution in [2.75, 3.05) is 32.8 Å². The second-order valence-electron chi connectivity index (χ2n) is 6.08. The van der Waals surface area contributed by atoms with Gasteiger partial charge < -0.3 is 15.0 Å². The zero-order chi connectivity index (χ0) is 15.6. The van der Waals surface area contributed by atoms with Crippen LogP contribution in [0, 0.1) is 0 Å². The van der Waals surface area contributed by atoms with Crippen LogP contribution < -0.4 is 5.32 Å². The Hall–Kier alpha value is -0.810. The smallest absolute Gasteiger partial charge is 0.246 e. The molecule has 4 nitrogen and oxygen atoms in total. The number of carbonyl (C=O) groups is 1. The van der Waals surface area contributed by atoms with Gasteiger partial charge in [-0.3, -0.25) is 4.79 Å². The van der Waals surface area contributed by atoms with Gasteiger partial charge in [-0.25, -0.2) is 0 Å². The number of nitrogens with one attached hydrogen (secondary N) is 1. The zero-order valence-corrected chi connectivity index (χ0v) is 13.9. The molecule has 0 bridgehead atoms. The predicted molar refractivity (Wildman–Crippen MR) is 87.5 cm³/mol. The maximum absolute atomic E-state index is 11.2. The van der Waals surface area contributed by atoms with Crippen molar-refractivity contribution in [1.82, 2.24) is 10.2 Å². The van der Waals surface area contributed by atoms with E-state index in [2.05, 4.69) is 10.2 Å². The number of morpholine rings is 1. The van der Waals surface area contributed by atoms with Gasteiger partial charge in [-0.15, -0.1) is 0 Å². The van der Waals surface area contributed by atoms with Crippen molar-refractivity contribution in [3.8, 4) is 0 Å². The molecule has 2 aliphatic rings. The number of likely N-dealkylation sites (tertiary alicyclic amines) is 1. The van der Waals surface area contributed by atoms with E-state index in [1.807, 2.05) is 12.1 Å². The van der Waals surface area contributed by atoms with Crippen LogP contribution in [0.2, 0.25) is 10.0 Å². The van der Waals surface area contributed by atoms with E-state index in [0.717, 1.165) is 49.5 Å². The van der Waals surface area contributed by atoms with Crippen LogP contribution >= 0.6 is 23.2 Å². The standard InChI is InChI=1S/C16H20Cl2N2O2/c17-13-2-1-12(14(18)9-13)3-6-20-7-4-16(5-8-20)11-19-15(21)10-22-16/h1-2,9H,3-8,10-11H2,(H,19,21).